The average molecular weight is 233 g/mol. The number of hydrogen-bond acceptors (Lipinski definition) is 3. The minimum absolute atomic E-state index is 0.133. The topological polar surface area (TPSA) is 43.8 Å². The molecular weight excluding hydrogens is 218 g/mol. The Labute approximate surface area is 98.9 Å². The minimum atomic E-state index is 0.133. The number of nitrogens with zero attached hydrogens (tertiary/aromatic N) is 2. The lowest BCUT2D eigenvalue weighted by atomic mass is 10.1. The first-order valence-corrected chi connectivity index (χ1v) is 6.55. The fourth-order valence-electron chi connectivity index (χ4n) is 2.24. The molecule has 0 saturated heterocycles. The summed E-state index contributed by atoms with van der Waals surface area (Å²) in [5.41, 5.74) is 7.21. The Hall–Kier alpha value is -1.13. The number of rotatable bonds is 2. The van der Waals surface area contributed by atoms with Crippen molar-refractivity contribution >= 4 is 11.3 Å². The number of aryl methyl sites for hydroxylation is 1. The summed E-state index contributed by atoms with van der Waals surface area (Å²) in [5.74, 6) is 1.16. The van der Waals surface area contributed by atoms with E-state index in [1.165, 1.54) is 4.88 Å². The Morgan fingerprint density at radius 2 is 2.50 bits per heavy atom. The Kier molecular flexibility index (Phi) is 2.53. The highest BCUT2D eigenvalue weighted by Gasteiger charge is 2.18. The third-order valence-corrected chi connectivity index (χ3v) is 3.93. The van der Waals surface area contributed by atoms with Crippen LogP contribution in [0.15, 0.2) is 23.7 Å². The first kappa shape index (κ1) is 10.1. The fourth-order valence-corrected chi connectivity index (χ4v) is 2.97. The van der Waals surface area contributed by atoms with Crippen molar-refractivity contribution in [1.29, 1.82) is 0 Å². The number of hydrogen-bond donors (Lipinski definition) is 1. The summed E-state index contributed by atoms with van der Waals surface area (Å²) in [5, 5.41) is 2.11. The van der Waals surface area contributed by atoms with Gasteiger partial charge in [0.15, 0.2) is 0 Å². The van der Waals surface area contributed by atoms with E-state index in [0.717, 1.165) is 37.2 Å². The molecule has 0 spiro atoms. The van der Waals surface area contributed by atoms with Gasteiger partial charge < -0.3 is 10.3 Å². The van der Waals surface area contributed by atoms with Crippen molar-refractivity contribution in [1.82, 2.24) is 9.55 Å². The molecule has 2 aromatic heterocycles. The summed E-state index contributed by atoms with van der Waals surface area (Å²) >= 11 is 1.78. The summed E-state index contributed by atoms with van der Waals surface area (Å²) in [4.78, 5) is 6.03. The average Bonchev–Trinajstić information content (AvgIpc) is 2.88. The monoisotopic (exact) mass is 233 g/mol. The highest BCUT2D eigenvalue weighted by Crippen LogP contribution is 2.22. The Balaban J connectivity index is 1.87. The zero-order valence-corrected chi connectivity index (χ0v) is 9.91. The quantitative estimate of drug-likeness (QED) is 0.865. The van der Waals surface area contributed by atoms with Crippen LogP contribution in [0, 0.1) is 0 Å². The van der Waals surface area contributed by atoms with E-state index < -0.39 is 0 Å². The molecule has 1 aliphatic heterocycles. The van der Waals surface area contributed by atoms with Crippen molar-refractivity contribution in [2.45, 2.75) is 31.8 Å². The van der Waals surface area contributed by atoms with E-state index in [9.17, 15) is 0 Å². The molecule has 0 amide bonds. The third kappa shape index (κ3) is 1.79. The Morgan fingerprint density at radius 3 is 3.25 bits per heavy atom. The lowest BCUT2D eigenvalue weighted by Gasteiger charge is -2.20. The standard InChI is InChI=1S/C12H15N3S/c13-11-4-1-5-12-14-9(8-15(11)12)7-10-3-2-6-16-10/h2-3,6,8,11H,1,4-5,7,13H2. The molecule has 84 valence electrons. The predicted octanol–water partition coefficient (Wildman–Crippen LogP) is 2.33. The van der Waals surface area contributed by atoms with Gasteiger partial charge in [0.05, 0.1) is 11.9 Å². The summed E-state index contributed by atoms with van der Waals surface area (Å²) in [6.07, 6.45) is 6.49. The molecule has 3 rings (SSSR count). The van der Waals surface area contributed by atoms with Crippen molar-refractivity contribution < 1.29 is 0 Å². The molecule has 0 aliphatic carbocycles. The molecule has 0 bridgehead atoms. The van der Waals surface area contributed by atoms with Gasteiger partial charge in [0.2, 0.25) is 0 Å². The number of thiophene rings is 1. The van der Waals surface area contributed by atoms with E-state index >= 15 is 0 Å². The lowest BCUT2D eigenvalue weighted by molar-refractivity contribution is 0.408. The van der Waals surface area contributed by atoms with E-state index in [1.807, 2.05) is 0 Å². The summed E-state index contributed by atoms with van der Waals surface area (Å²) < 4.78 is 2.15. The maximum atomic E-state index is 6.06. The van der Waals surface area contributed by atoms with Crippen molar-refractivity contribution in [2.24, 2.45) is 5.73 Å². The number of imidazole rings is 1. The van der Waals surface area contributed by atoms with Gasteiger partial charge in [-0.2, -0.15) is 0 Å². The van der Waals surface area contributed by atoms with Crippen molar-refractivity contribution in [3.63, 3.8) is 0 Å². The Morgan fingerprint density at radius 1 is 1.56 bits per heavy atom. The zero-order valence-electron chi connectivity index (χ0n) is 9.10. The first-order valence-electron chi connectivity index (χ1n) is 5.67. The predicted molar refractivity (Wildman–Crippen MR) is 65.5 cm³/mol. The molecule has 16 heavy (non-hydrogen) atoms. The summed E-state index contributed by atoms with van der Waals surface area (Å²) in [7, 11) is 0. The molecule has 4 heteroatoms. The zero-order chi connectivity index (χ0) is 11.0. The molecule has 1 atom stereocenters. The van der Waals surface area contributed by atoms with Gasteiger partial charge in [-0.15, -0.1) is 11.3 Å². The van der Waals surface area contributed by atoms with Gasteiger partial charge >= 0.3 is 0 Å². The maximum Gasteiger partial charge on any atom is 0.110 e. The van der Waals surface area contributed by atoms with E-state index in [4.69, 9.17) is 5.73 Å². The van der Waals surface area contributed by atoms with Gasteiger partial charge in [0, 0.05) is 23.9 Å². The van der Waals surface area contributed by atoms with Crippen LogP contribution in [0.5, 0.6) is 0 Å². The molecule has 2 aromatic rings. The van der Waals surface area contributed by atoms with Crippen LogP contribution in [0.2, 0.25) is 0 Å². The van der Waals surface area contributed by atoms with E-state index in [2.05, 4.69) is 33.3 Å². The second-order valence-electron chi connectivity index (χ2n) is 4.27. The highest BCUT2D eigenvalue weighted by molar-refractivity contribution is 7.09. The van der Waals surface area contributed by atoms with Crippen LogP contribution >= 0.6 is 11.3 Å². The van der Waals surface area contributed by atoms with Crippen LogP contribution in [0.1, 0.15) is 35.4 Å². The largest absolute Gasteiger partial charge is 0.319 e. The van der Waals surface area contributed by atoms with E-state index in [0.29, 0.717) is 0 Å². The van der Waals surface area contributed by atoms with Crippen LogP contribution in [-0.4, -0.2) is 9.55 Å². The molecule has 0 aromatic carbocycles. The van der Waals surface area contributed by atoms with Gasteiger partial charge in [-0.25, -0.2) is 4.98 Å². The third-order valence-electron chi connectivity index (χ3n) is 3.05. The Bertz CT molecular complexity index is 472. The molecule has 1 aliphatic rings. The minimum Gasteiger partial charge on any atom is -0.319 e. The van der Waals surface area contributed by atoms with Crippen molar-refractivity contribution in [2.75, 3.05) is 0 Å². The smallest absolute Gasteiger partial charge is 0.110 e. The fraction of sp³-hybridized carbons (Fsp3) is 0.417. The molecule has 3 nitrogen and oxygen atoms in total. The molecule has 0 radical (unpaired) electrons. The SMILES string of the molecule is NC1CCCc2nc(Cc3cccs3)cn21. The first-order chi connectivity index (χ1) is 7.83. The molecule has 3 heterocycles. The summed E-state index contributed by atoms with van der Waals surface area (Å²) in [6, 6.07) is 4.24. The molecule has 0 fully saturated rings. The van der Waals surface area contributed by atoms with Crippen molar-refractivity contribution in [3.05, 3.63) is 40.1 Å². The van der Waals surface area contributed by atoms with Crippen LogP contribution in [-0.2, 0) is 12.8 Å². The van der Waals surface area contributed by atoms with Gasteiger partial charge in [-0.1, -0.05) is 6.07 Å². The lowest BCUT2D eigenvalue weighted by Crippen LogP contribution is -2.24. The van der Waals surface area contributed by atoms with Gasteiger partial charge in [0.25, 0.3) is 0 Å². The normalized spacial score (nSPS) is 19.7. The van der Waals surface area contributed by atoms with Crippen molar-refractivity contribution in [3.8, 4) is 0 Å². The van der Waals surface area contributed by atoms with Crippen LogP contribution in [0.3, 0.4) is 0 Å². The van der Waals surface area contributed by atoms with Crippen LogP contribution in [0.25, 0.3) is 0 Å². The number of nitrogens with two attached hydrogens (primary N) is 1. The second kappa shape index (κ2) is 4.03. The van der Waals surface area contributed by atoms with Gasteiger partial charge in [0.1, 0.15) is 5.82 Å². The molecule has 0 saturated carbocycles. The van der Waals surface area contributed by atoms with Crippen LogP contribution < -0.4 is 5.73 Å². The molecule has 2 N–H and O–H groups in total. The second-order valence-corrected chi connectivity index (χ2v) is 5.30. The van der Waals surface area contributed by atoms with E-state index in [-0.39, 0.29) is 6.17 Å². The number of fused-ring (bicyclic) bond motifs is 1. The number of aromatic nitrogens is 2. The maximum absolute atomic E-state index is 6.06. The molecular formula is C12H15N3S. The van der Waals surface area contributed by atoms with E-state index in [1.54, 1.807) is 11.3 Å². The van der Waals surface area contributed by atoms with Gasteiger partial charge in [-0.3, -0.25) is 0 Å². The highest BCUT2D eigenvalue weighted by atomic mass is 32.1. The van der Waals surface area contributed by atoms with Gasteiger partial charge in [-0.05, 0) is 24.3 Å². The van der Waals surface area contributed by atoms with Crippen LogP contribution in [0.4, 0.5) is 0 Å². The molecule has 1 unspecified atom stereocenters. The summed E-state index contributed by atoms with van der Waals surface area (Å²) in [6.45, 7) is 0.